The molecular weight excluding hydrogens is 156 g/mol. The molecule has 1 heteroatoms. The zero-order valence-electron chi connectivity index (χ0n) is 7.48. The minimum absolute atomic E-state index is 0.484. The van der Waals surface area contributed by atoms with Crippen LogP contribution in [0, 0.1) is 5.92 Å². The number of rotatable bonds is 4. The molecule has 0 radical (unpaired) electrons. The summed E-state index contributed by atoms with van der Waals surface area (Å²) in [6.45, 7) is 2.23. The van der Waals surface area contributed by atoms with Gasteiger partial charge in [0.2, 0.25) is 0 Å². The Bertz CT molecular complexity index is 95.0. The van der Waals surface area contributed by atoms with Crippen molar-refractivity contribution in [1.29, 1.82) is 0 Å². The summed E-state index contributed by atoms with van der Waals surface area (Å²) < 4.78 is 0. The molecule has 0 aromatic rings. The topological polar surface area (TPSA) is 0 Å². The molecule has 1 aliphatic carbocycles. The van der Waals surface area contributed by atoms with Gasteiger partial charge in [-0.25, -0.2) is 0 Å². The fraction of sp³-hybridized carbons (Fsp3) is 1.00. The molecule has 1 saturated carbocycles. The van der Waals surface area contributed by atoms with Gasteiger partial charge in [-0.2, -0.15) is 0 Å². The lowest BCUT2D eigenvalue weighted by Gasteiger charge is -2.15. The maximum Gasteiger partial charge on any atom is 0.0364 e. The highest BCUT2D eigenvalue weighted by atomic mass is 35.5. The van der Waals surface area contributed by atoms with E-state index in [0.717, 1.165) is 5.92 Å². The highest BCUT2D eigenvalue weighted by Gasteiger charge is 2.22. The van der Waals surface area contributed by atoms with Gasteiger partial charge in [0.1, 0.15) is 0 Å². The van der Waals surface area contributed by atoms with Gasteiger partial charge in [-0.05, 0) is 25.2 Å². The average molecular weight is 175 g/mol. The molecule has 11 heavy (non-hydrogen) atoms. The molecule has 1 aliphatic rings. The number of alkyl halides is 1. The van der Waals surface area contributed by atoms with Gasteiger partial charge in [-0.3, -0.25) is 0 Å². The Hall–Kier alpha value is 0.290. The van der Waals surface area contributed by atoms with Crippen molar-refractivity contribution in [1.82, 2.24) is 0 Å². The van der Waals surface area contributed by atoms with Gasteiger partial charge in [-0.15, -0.1) is 11.6 Å². The van der Waals surface area contributed by atoms with Crippen LogP contribution in [0.15, 0.2) is 0 Å². The van der Waals surface area contributed by atoms with Crippen molar-refractivity contribution in [3.05, 3.63) is 0 Å². The van der Waals surface area contributed by atoms with Gasteiger partial charge >= 0.3 is 0 Å². The zero-order valence-corrected chi connectivity index (χ0v) is 8.24. The molecule has 0 aromatic carbocycles. The van der Waals surface area contributed by atoms with Crippen molar-refractivity contribution in [2.45, 2.75) is 57.2 Å². The van der Waals surface area contributed by atoms with Gasteiger partial charge in [0, 0.05) is 5.38 Å². The van der Waals surface area contributed by atoms with Gasteiger partial charge < -0.3 is 0 Å². The van der Waals surface area contributed by atoms with Gasteiger partial charge in [-0.1, -0.05) is 32.6 Å². The first-order valence-electron chi connectivity index (χ1n) is 4.98. The molecule has 0 heterocycles. The normalized spacial score (nSPS) is 22.4. The van der Waals surface area contributed by atoms with Crippen LogP contribution in [0.5, 0.6) is 0 Å². The molecule has 0 saturated heterocycles. The molecule has 0 amide bonds. The van der Waals surface area contributed by atoms with E-state index in [2.05, 4.69) is 6.92 Å². The summed E-state index contributed by atoms with van der Waals surface area (Å²) in [5.74, 6) is 0.850. The van der Waals surface area contributed by atoms with E-state index in [-0.39, 0.29) is 0 Å². The molecule has 0 bridgehead atoms. The lowest BCUT2D eigenvalue weighted by atomic mass is 9.99. The number of halogens is 1. The van der Waals surface area contributed by atoms with Crippen LogP contribution in [0.4, 0.5) is 0 Å². The lowest BCUT2D eigenvalue weighted by Crippen LogP contribution is -2.10. The van der Waals surface area contributed by atoms with E-state index < -0.39 is 0 Å². The molecule has 0 aromatic heterocycles. The molecule has 1 fully saturated rings. The Kier molecular flexibility index (Phi) is 4.29. The SMILES string of the molecule is CCCCC(Cl)C1CCCC1. The Morgan fingerprint density at radius 2 is 2.00 bits per heavy atom. The lowest BCUT2D eigenvalue weighted by molar-refractivity contribution is 0.480. The molecule has 0 N–H and O–H groups in total. The number of unbranched alkanes of at least 4 members (excludes halogenated alkanes) is 1. The monoisotopic (exact) mass is 174 g/mol. The zero-order chi connectivity index (χ0) is 8.10. The average Bonchev–Trinajstić information content (AvgIpc) is 2.52. The smallest absolute Gasteiger partial charge is 0.0364 e. The van der Waals surface area contributed by atoms with E-state index in [4.69, 9.17) is 11.6 Å². The first-order valence-corrected chi connectivity index (χ1v) is 5.42. The van der Waals surface area contributed by atoms with Gasteiger partial charge in [0.15, 0.2) is 0 Å². The maximum absolute atomic E-state index is 6.27. The fourth-order valence-corrected chi connectivity index (χ4v) is 2.36. The van der Waals surface area contributed by atoms with Crippen LogP contribution in [0.2, 0.25) is 0 Å². The van der Waals surface area contributed by atoms with E-state index in [0.29, 0.717) is 5.38 Å². The summed E-state index contributed by atoms with van der Waals surface area (Å²) in [4.78, 5) is 0. The van der Waals surface area contributed by atoms with Gasteiger partial charge in [0.25, 0.3) is 0 Å². The second-order valence-electron chi connectivity index (χ2n) is 3.70. The van der Waals surface area contributed by atoms with E-state index >= 15 is 0 Å². The summed E-state index contributed by atoms with van der Waals surface area (Å²) in [5, 5.41) is 0.484. The molecule has 66 valence electrons. The predicted octanol–water partition coefficient (Wildman–Crippen LogP) is 3.97. The third-order valence-corrected chi connectivity index (χ3v) is 3.32. The Morgan fingerprint density at radius 3 is 2.55 bits per heavy atom. The second kappa shape index (κ2) is 5.03. The minimum Gasteiger partial charge on any atom is -0.123 e. The first kappa shape index (κ1) is 9.38. The Balaban J connectivity index is 2.12. The van der Waals surface area contributed by atoms with Crippen molar-refractivity contribution in [3.63, 3.8) is 0 Å². The van der Waals surface area contributed by atoms with E-state index in [1.807, 2.05) is 0 Å². The largest absolute Gasteiger partial charge is 0.123 e. The van der Waals surface area contributed by atoms with Crippen molar-refractivity contribution in [2.75, 3.05) is 0 Å². The summed E-state index contributed by atoms with van der Waals surface area (Å²) in [5.41, 5.74) is 0. The van der Waals surface area contributed by atoms with Crippen LogP contribution >= 0.6 is 11.6 Å². The fourth-order valence-electron chi connectivity index (χ4n) is 1.95. The van der Waals surface area contributed by atoms with Crippen molar-refractivity contribution in [2.24, 2.45) is 5.92 Å². The van der Waals surface area contributed by atoms with Crippen LogP contribution in [0.1, 0.15) is 51.9 Å². The summed E-state index contributed by atoms with van der Waals surface area (Å²) in [7, 11) is 0. The molecule has 1 atom stereocenters. The summed E-state index contributed by atoms with van der Waals surface area (Å²) in [6, 6.07) is 0. The van der Waals surface area contributed by atoms with E-state index in [1.54, 1.807) is 0 Å². The highest BCUT2D eigenvalue weighted by molar-refractivity contribution is 6.20. The van der Waals surface area contributed by atoms with Crippen LogP contribution in [0.3, 0.4) is 0 Å². The second-order valence-corrected chi connectivity index (χ2v) is 4.26. The minimum atomic E-state index is 0.484. The molecule has 0 spiro atoms. The Morgan fingerprint density at radius 1 is 1.36 bits per heavy atom. The van der Waals surface area contributed by atoms with Crippen molar-refractivity contribution < 1.29 is 0 Å². The highest BCUT2D eigenvalue weighted by Crippen LogP contribution is 2.32. The van der Waals surface area contributed by atoms with E-state index in [9.17, 15) is 0 Å². The van der Waals surface area contributed by atoms with Crippen molar-refractivity contribution >= 4 is 11.6 Å². The van der Waals surface area contributed by atoms with E-state index in [1.165, 1.54) is 44.9 Å². The molecule has 1 rings (SSSR count). The molecule has 1 unspecified atom stereocenters. The summed E-state index contributed by atoms with van der Waals surface area (Å²) in [6.07, 6.45) is 9.44. The summed E-state index contributed by atoms with van der Waals surface area (Å²) >= 11 is 6.27. The predicted molar refractivity (Wildman–Crippen MR) is 51.1 cm³/mol. The van der Waals surface area contributed by atoms with Crippen molar-refractivity contribution in [3.8, 4) is 0 Å². The van der Waals surface area contributed by atoms with Crippen LogP contribution in [0.25, 0.3) is 0 Å². The maximum atomic E-state index is 6.27. The van der Waals surface area contributed by atoms with Crippen LogP contribution in [-0.4, -0.2) is 5.38 Å². The Labute approximate surface area is 75.3 Å². The molecule has 0 aliphatic heterocycles. The first-order chi connectivity index (χ1) is 5.34. The number of hydrogen-bond acceptors (Lipinski definition) is 0. The quantitative estimate of drug-likeness (QED) is 0.566. The third-order valence-electron chi connectivity index (χ3n) is 2.74. The van der Waals surface area contributed by atoms with Crippen LogP contribution in [-0.2, 0) is 0 Å². The molecular formula is C10H19Cl. The standard InChI is InChI=1S/C10H19Cl/c1-2-3-8-10(11)9-6-4-5-7-9/h9-10H,2-8H2,1H3. The van der Waals surface area contributed by atoms with Crippen LogP contribution < -0.4 is 0 Å². The van der Waals surface area contributed by atoms with Gasteiger partial charge in [0.05, 0.1) is 0 Å². The number of hydrogen-bond donors (Lipinski definition) is 0. The third kappa shape index (κ3) is 3.02. The molecule has 0 nitrogen and oxygen atoms in total.